The van der Waals surface area contributed by atoms with Crippen LogP contribution >= 0.6 is 0 Å². The van der Waals surface area contributed by atoms with E-state index in [1.54, 1.807) is 0 Å². The Bertz CT molecular complexity index is 860. The molecule has 5 nitrogen and oxygen atoms in total. The lowest BCUT2D eigenvalue weighted by atomic mass is 10.0. The maximum atomic E-state index is 11.0. The first-order valence-electron chi connectivity index (χ1n) is 9.21. The molecule has 0 saturated carbocycles. The molecule has 2 aromatic carbocycles. The predicted molar refractivity (Wildman–Crippen MR) is 106 cm³/mol. The van der Waals surface area contributed by atoms with Gasteiger partial charge in [0.05, 0.1) is 11.9 Å². The summed E-state index contributed by atoms with van der Waals surface area (Å²) in [6.45, 7) is 2.62. The minimum Gasteiger partial charge on any atom is -0.481 e. The van der Waals surface area contributed by atoms with Gasteiger partial charge in [0.15, 0.2) is 0 Å². The van der Waals surface area contributed by atoms with Crippen molar-refractivity contribution in [1.29, 1.82) is 0 Å². The normalized spacial score (nSPS) is 12.0. The summed E-state index contributed by atoms with van der Waals surface area (Å²) in [6.07, 6.45) is 3.42. The SMILES string of the molecule is Cc1ncc(CNC(CCC(=O)O)Cc2ccccc2)n1-c1ccccc1. The molecule has 0 bridgehead atoms. The smallest absolute Gasteiger partial charge is 0.303 e. The third-order valence-electron chi connectivity index (χ3n) is 4.63. The highest BCUT2D eigenvalue weighted by atomic mass is 16.4. The highest BCUT2D eigenvalue weighted by Gasteiger charge is 2.14. The monoisotopic (exact) mass is 363 g/mol. The quantitative estimate of drug-likeness (QED) is 0.608. The maximum Gasteiger partial charge on any atom is 0.303 e. The number of aliphatic carboxylic acids is 1. The van der Waals surface area contributed by atoms with E-state index in [4.69, 9.17) is 5.11 Å². The van der Waals surface area contributed by atoms with Gasteiger partial charge in [-0.15, -0.1) is 0 Å². The first-order valence-corrected chi connectivity index (χ1v) is 9.21. The van der Waals surface area contributed by atoms with Gasteiger partial charge in [-0.25, -0.2) is 4.98 Å². The van der Waals surface area contributed by atoms with Crippen LogP contribution in [0.15, 0.2) is 66.9 Å². The number of hydrogen-bond acceptors (Lipinski definition) is 3. The van der Waals surface area contributed by atoms with Crippen molar-refractivity contribution in [3.8, 4) is 5.69 Å². The Balaban J connectivity index is 1.72. The lowest BCUT2D eigenvalue weighted by Crippen LogP contribution is -2.32. The summed E-state index contributed by atoms with van der Waals surface area (Å²) in [5.74, 6) is 0.170. The third kappa shape index (κ3) is 5.28. The van der Waals surface area contributed by atoms with Gasteiger partial charge in [0.25, 0.3) is 0 Å². The van der Waals surface area contributed by atoms with Gasteiger partial charge in [0, 0.05) is 24.7 Å². The molecule has 140 valence electrons. The van der Waals surface area contributed by atoms with Gasteiger partial charge in [-0.05, 0) is 37.5 Å². The number of benzene rings is 2. The van der Waals surface area contributed by atoms with Gasteiger partial charge in [0.2, 0.25) is 0 Å². The van der Waals surface area contributed by atoms with E-state index < -0.39 is 5.97 Å². The van der Waals surface area contributed by atoms with Crippen molar-refractivity contribution >= 4 is 5.97 Å². The molecule has 3 rings (SSSR count). The molecule has 2 N–H and O–H groups in total. The molecule has 0 aliphatic carbocycles. The molecule has 1 unspecified atom stereocenters. The molecule has 0 spiro atoms. The predicted octanol–water partition coefficient (Wildman–Crippen LogP) is 3.75. The zero-order valence-corrected chi connectivity index (χ0v) is 15.5. The van der Waals surface area contributed by atoms with E-state index in [0.717, 1.165) is 23.6 Å². The zero-order valence-electron chi connectivity index (χ0n) is 15.5. The van der Waals surface area contributed by atoms with Gasteiger partial charge < -0.3 is 10.4 Å². The number of carbonyl (C=O) groups is 1. The molecule has 3 aromatic rings. The minimum absolute atomic E-state index is 0.0860. The fourth-order valence-corrected chi connectivity index (χ4v) is 3.27. The van der Waals surface area contributed by atoms with Crippen LogP contribution in [0.25, 0.3) is 5.69 Å². The highest BCUT2D eigenvalue weighted by molar-refractivity contribution is 5.66. The number of nitrogens with zero attached hydrogens (tertiary/aromatic N) is 2. The number of para-hydroxylation sites is 1. The minimum atomic E-state index is -0.764. The molecule has 0 amide bonds. The lowest BCUT2D eigenvalue weighted by Gasteiger charge is -2.19. The summed E-state index contributed by atoms with van der Waals surface area (Å²) in [6, 6.07) is 20.4. The Morgan fingerprint density at radius 1 is 1.11 bits per heavy atom. The second kappa shape index (κ2) is 9.14. The summed E-state index contributed by atoms with van der Waals surface area (Å²) < 4.78 is 2.13. The van der Waals surface area contributed by atoms with E-state index in [-0.39, 0.29) is 12.5 Å². The van der Waals surface area contributed by atoms with Crippen molar-refractivity contribution in [3.05, 3.63) is 83.9 Å². The zero-order chi connectivity index (χ0) is 19.1. The number of aromatic nitrogens is 2. The molecular formula is C22H25N3O2. The third-order valence-corrected chi connectivity index (χ3v) is 4.63. The van der Waals surface area contributed by atoms with Crippen LogP contribution in [-0.2, 0) is 17.8 Å². The van der Waals surface area contributed by atoms with E-state index in [1.807, 2.05) is 49.5 Å². The van der Waals surface area contributed by atoms with Crippen LogP contribution in [0, 0.1) is 6.92 Å². The summed E-state index contributed by atoms with van der Waals surface area (Å²) in [5, 5.41) is 12.6. The number of carboxylic acids is 1. The fourth-order valence-electron chi connectivity index (χ4n) is 3.27. The average Bonchev–Trinajstić information content (AvgIpc) is 3.06. The van der Waals surface area contributed by atoms with Gasteiger partial charge in [-0.3, -0.25) is 9.36 Å². The Morgan fingerprint density at radius 3 is 2.44 bits per heavy atom. The molecule has 1 aromatic heterocycles. The number of hydrogen-bond donors (Lipinski definition) is 2. The number of carboxylic acid groups (broad SMARTS) is 1. The molecule has 0 aliphatic heterocycles. The first kappa shape index (κ1) is 18.9. The lowest BCUT2D eigenvalue weighted by molar-refractivity contribution is -0.137. The van der Waals surface area contributed by atoms with E-state index >= 15 is 0 Å². The Labute approximate surface area is 159 Å². The van der Waals surface area contributed by atoms with Crippen LogP contribution in [-0.4, -0.2) is 26.7 Å². The van der Waals surface area contributed by atoms with E-state index in [1.165, 1.54) is 5.56 Å². The summed E-state index contributed by atoms with van der Waals surface area (Å²) in [5.41, 5.74) is 3.34. The van der Waals surface area contributed by atoms with Crippen LogP contribution in [0.2, 0.25) is 0 Å². The Kier molecular flexibility index (Phi) is 6.39. The number of aryl methyl sites for hydroxylation is 1. The van der Waals surface area contributed by atoms with E-state index in [0.29, 0.717) is 13.0 Å². The van der Waals surface area contributed by atoms with Gasteiger partial charge >= 0.3 is 5.97 Å². The summed E-state index contributed by atoms with van der Waals surface area (Å²) in [7, 11) is 0. The van der Waals surface area contributed by atoms with Crippen LogP contribution in [0.5, 0.6) is 0 Å². The van der Waals surface area contributed by atoms with Crippen LogP contribution in [0.1, 0.15) is 29.9 Å². The molecular weight excluding hydrogens is 338 g/mol. The second-order valence-corrected chi connectivity index (χ2v) is 6.67. The maximum absolute atomic E-state index is 11.0. The van der Waals surface area contributed by atoms with Crippen LogP contribution in [0.3, 0.4) is 0 Å². The Morgan fingerprint density at radius 2 is 1.78 bits per heavy atom. The molecule has 27 heavy (non-hydrogen) atoms. The van der Waals surface area contributed by atoms with Crippen molar-refractivity contribution in [2.45, 2.75) is 38.8 Å². The molecule has 1 heterocycles. The fraction of sp³-hybridized carbons (Fsp3) is 0.273. The van der Waals surface area contributed by atoms with E-state index in [2.05, 4.69) is 39.1 Å². The molecule has 0 radical (unpaired) electrons. The van der Waals surface area contributed by atoms with Crippen molar-refractivity contribution in [3.63, 3.8) is 0 Å². The largest absolute Gasteiger partial charge is 0.481 e. The molecule has 0 fully saturated rings. The van der Waals surface area contributed by atoms with Crippen molar-refractivity contribution in [1.82, 2.24) is 14.9 Å². The number of imidazole rings is 1. The van der Waals surface area contributed by atoms with Crippen LogP contribution in [0.4, 0.5) is 0 Å². The number of nitrogens with one attached hydrogen (secondary N) is 1. The molecule has 0 saturated heterocycles. The van der Waals surface area contributed by atoms with Crippen molar-refractivity contribution < 1.29 is 9.90 Å². The van der Waals surface area contributed by atoms with Crippen molar-refractivity contribution in [2.24, 2.45) is 0 Å². The van der Waals surface area contributed by atoms with Crippen LogP contribution < -0.4 is 5.32 Å². The van der Waals surface area contributed by atoms with Gasteiger partial charge in [-0.2, -0.15) is 0 Å². The van der Waals surface area contributed by atoms with Gasteiger partial charge in [-0.1, -0.05) is 48.5 Å². The summed E-state index contributed by atoms with van der Waals surface area (Å²) in [4.78, 5) is 15.5. The number of rotatable bonds is 9. The van der Waals surface area contributed by atoms with E-state index in [9.17, 15) is 4.79 Å². The topological polar surface area (TPSA) is 67.2 Å². The summed E-state index contributed by atoms with van der Waals surface area (Å²) >= 11 is 0. The van der Waals surface area contributed by atoms with Gasteiger partial charge in [0.1, 0.15) is 5.82 Å². The molecule has 5 heteroatoms. The van der Waals surface area contributed by atoms with Crippen molar-refractivity contribution in [2.75, 3.05) is 0 Å². The molecule has 1 atom stereocenters. The highest BCUT2D eigenvalue weighted by Crippen LogP contribution is 2.15. The average molecular weight is 363 g/mol. The standard InChI is InChI=1S/C22H25N3O2/c1-17-23-15-21(25(17)20-10-6-3-7-11-20)16-24-19(12-13-22(26)27)14-18-8-4-2-5-9-18/h2-11,15,19,24H,12-14,16H2,1H3,(H,26,27). The molecule has 0 aliphatic rings. The second-order valence-electron chi connectivity index (χ2n) is 6.67. The Hall–Kier alpha value is -2.92. The first-order chi connectivity index (χ1) is 13.1.